The molecule has 2 saturated heterocycles. The van der Waals surface area contributed by atoms with Crippen LogP contribution in [-0.2, 0) is 49.7 Å². The molecule has 7 N–H and O–H groups in total. The molecule has 0 aromatic heterocycles. The first-order valence-corrected chi connectivity index (χ1v) is 12.6. The number of rotatable bonds is 10. The van der Waals surface area contributed by atoms with E-state index in [1.54, 1.807) is 30.3 Å². The number of aliphatic carboxylic acids is 1. The zero-order valence-electron chi connectivity index (χ0n) is 19.8. The van der Waals surface area contributed by atoms with Gasteiger partial charge in [-0.05, 0) is 5.56 Å². The Hall–Kier alpha value is -2.29. The first kappa shape index (κ1) is 30.3. The standard InChI is InChI=1S/C21H29NO15S/c1-9(23)22-12-17(36-21-16(27)14(25)15(26)18(37-21)19(28)29)13(24)11(8-34-38(30,31)32)35-20(12)33-7-10-5-3-2-4-6-10/h2-6,11-18,20-21,24-27H,7-8H2,1H3,(H,22,23)(H,28,29)(H,30,31,32)/t11-,12-,13+,14+,15+,16-,17-,18+,20+,21-/m1/s1. The number of carbonyl (C=O) groups is 2. The first-order chi connectivity index (χ1) is 17.8. The van der Waals surface area contributed by atoms with Crippen molar-refractivity contribution >= 4 is 22.3 Å². The summed E-state index contributed by atoms with van der Waals surface area (Å²) in [6.07, 6.45) is -16.6. The summed E-state index contributed by atoms with van der Waals surface area (Å²) in [6, 6.07) is 7.27. The zero-order valence-corrected chi connectivity index (χ0v) is 20.7. The molecule has 0 bridgehead atoms. The van der Waals surface area contributed by atoms with Crippen molar-refractivity contribution in [3.8, 4) is 0 Å². The van der Waals surface area contributed by atoms with Crippen LogP contribution in [0.3, 0.4) is 0 Å². The number of carbonyl (C=O) groups excluding carboxylic acids is 1. The van der Waals surface area contributed by atoms with E-state index in [9.17, 15) is 43.5 Å². The number of aliphatic hydroxyl groups is 4. The van der Waals surface area contributed by atoms with Crippen molar-refractivity contribution in [1.82, 2.24) is 5.32 Å². The Balaban J connectivity index is 1.91. The Kier molecular flexibility index (Phi) is 10.1. The van der Waals surface area contributed by atoms with Crippen LogP contribution in [0.1, 0.15) is 12.5 Å². The number of hydrogen-bond acceptors (Lipinski definition) is 13. The SMILES string of the molecule is CC(=O)N[C@H]1[C@@H](OCc2ccccc2)O[C@H](COS(=O)(=O)O)[C@H](O)[C@@H]1O[C@@H]1O[C@H](C(=O)O)[C@@H](O)[C@H](O)[C@H]1O. The lowest BCUT2D eigenvalue weighted by Crippen LogP contribution is -2.68. The predicted octanol–water partition coefficient (Wildman–Crippen LogP) is -3.11. The molecule has 0 aliphatic carbocycles. The van der Waals surface area contributed by atoms with Gasteiger partial charge < -0.3 is 49.8 Å². The zero-order chi connectivity index (χ0) is 28.2. The fourth-order valence-electron chi connectivity index (χ4n) is 3.97. The van der Waals surface area contributed by atoms with E-state index in [1.165, 1.54) is 0 Å². The molecule has 0 unspecified atom stereocenters. The third kappa shape index (κ3) is 7.64. The molecule has 0 radical (unpaired) electrons. The predicted molar refractivity (Wildman–Crippen MR) is 120 cm³/mol. The van der Waals surface area contributed by atoms with Crippen molar-refractivity contribution in [2.45, 2.75) is 74.9 Å². The summed E-state index contributed by atoms with van der Waals surface area (Å²) < 4.78 is 57.6. The molecule has 38 heavy (non-hydrogen) atoms. The molecule has 16 nitrogen and oxygen atoms in total. The lowest BCUT2D eigenvalue weighted by molar-refractivity contribution is -0.340. The molecule has 2 fully saturated rings. The number of amides is 1. The highest BCUT2D eigenvalue weighted by Crippen LogP contribution is 2.30. The van der Waals surface area contributed by atoms with Gasteiger partial charge >= 0.3 is 16.4 Å². The van der Waals surface area contributed by atoms with Gasteiger partial charge in [0, 0.05) is 6.92 Å². The van der Waals surface area contributed by atoms with Crippen molar-refractivity contribution in [1.29, 1.82) is 0 Å². The molecular weight excluding hydrogens is 538 g/mol. The van der Waals surface area contributed by atoms with Gasteiger partial charge in [-0.2, -0.15) is 8.42 Å². The number of carboxylic acids is 1. The molecule has 1 amide bonds. The van der Waals surface area contributed by atoms with Gasteiger partial charge in [0.15, 0.2) is 18.7 Å². The minimum atomic E-state index is -4.97. The largest absolute Gasteiger partial charge is 0.479 e. The minimum Gasteiger partial charge on any atom is -0.479 e. The van der Waals surface area contributed by atoms with Crippen LogP contribution < -0.4 is 5.32 Å². The van der Waals surface area contributed by atoms with E-state index >= 15 is 0 Å². The third-order valence-electron chi connectivity index (χ3n) is 5.79. The normalized spacial score (nSPS) is 35.9. The van der Waals surface area contributed by atoms with Gasteiger partial charge in [0.2, 0.25) is 5.91 Å². The molecule has 1 aromatic carbocycles. The molecule has 3 rings (SSSR count). The van der Waals surface area contributed by atoms with Crippen LogP contribution in [0.2, 0.25) is 0 Å². The molecular formula is C21H29NO15S. The van der Waals surface area contributed by atoms with Crippen molar-refractivity contribution < 1.29 is 71.2 Å². The summed E-state index contributed by atoms with van der Waals surface area (Å²) in [5, 5.41) is 53.1. The Bertz CT molecular complexity index is 1060. The van der Waals surface area contributed by atoms with Crippen molar-refractivity contribution in [2.24, 2.45) is 0 Å². The average Bonchev–Trinajstić information content (AvgIpc) is 2.84. The second-order valence-electron chi connectivity index (χ2n) is 8.60. The second kappa shape index (κ2) is 12.7. The van der Waals surface area contributed by atoms with Gasteiger partial charge in [-0.3, -0.25) is 9.35 Å². The van der Waals surface area contributed by atoms with E-state index < -0.39 is 90.2 Å². The molecule has 1 aromatic rings. The highest BCUT2D eigenvalue weighted by atomic mass is 32.3. The lowest BCUT2D eigenvalue weighted by atomic mass is 9.95. The molecule has 10 atom stereocenters. The topological polar surface area (TPSA) is 248 Å². The van der Waals surface area contributed by atoms with Crippen LogP contribution in [0, 0.1) is 0 Å². The van der Waals surface area contributed by atoms with Crippen LogP contribution in [0.25, 0.3) is 0 Å². The van der Waals surface area contributed by atoms with Crippen LogP contribution in [0.15, 0.2) is 30.3 Å². The van der Waals surface area contributed by atoms with Crippen LogP contribution >= 0.6 is 0 Å². The molecule has 0 saturated carbocycles. The van der Waals surface area contributed by atoms with Crippen molar-refractivity contribution in [2.75, 3.05) is 6.61 Å². The quantitative estimate of drug-likeness (QED) is 0.138. The summed E-state index contributed by atoms with van der Waals surface area (Å²) >= 11 is 0. The van der Waals surface area contributed by atoms with Gasteiger partial charge in [0.25, 0.3) is 0 Å². The fraction of sp³-hybridized carbons (Fsp3) is 0.619. The van der Waals surface area contributed by atoms with Crippen LogP contribution in [0.5, 0.6) is 0 Å². The highest BCUT2D eigenvalue weighted by Gasteiger charge is 2.53. The van der Waals surface area contributed by atoms with Gasteiger partial charge in [-0.15, -0.1) is 0 Å². The van der Waals surface area contributed by atoms with Gasteiger partial charge in [0.1, 0.15) is 42.7 Å². The van der Waals surface area contributed by atoms with E-state index in [0.29, 0.717) is 5.56 Å². The summed E-state index contributed by atoms with van der Waals surface area (Å²) in [4.78, 5) is 23.4. The monoisotopic (exact) mass is 567 g/mol. The number of ether oxygens (including phenoxy) is 4. The maximum absolute atomic E-state index is 12.0. The van der Waals surface area contributed by atoms with E-state index in [2.05, 4.69) is 9.50 Å². The van der Waals surface area contributed by atoms with E-state index in [0.717, 1.165) is 6.92 Å². The number of carboxylic acid groups (broad SMARTS) is 1. The van der Waals surface area contributed by atoms with Crippen molar-refractivity contribution in [3.63, 3.8) is 0 Å². The molecule has 17 heteroatoms. The number of nitrogens with one attached hydrogen (secondary N) is 1. The van der Waals surface area contributed by atoms with Crippen LogP contribution in [-0.4, -0.2) is 118 Å². The minimum absolute atomic E-state index is 0.0924. The summed E-state index contributed by atoms with van der Waals surface area (Å²) in [5.41, 5.74) is 0.666. The van der Waals surface area contributed by atoms with E-state index in [1.807, 2.05) is 0 Å². The lowest BCUT2D eigenvalue weighted by Gasteiger charge is -2.47. The number of aliphatic hydroxyl groups excluding tert-OH is 4. The van der Waals surface area contributed by atoms with Gasteiger partial charge in [0.05, 0.1) is 13.2 Å². The smallest absolute Gasteiger partial charge is 0.397 e. The summed E-state index contributed by atoms with van der Waals surface area (Å²) in [5.74, 6) is -2.34. The Morgan fingerprint density at radius 3 is 2.21 bits per heavy atom. The number of hydrogen-bond donors (Lipinski definition) is 7. The van der Waals surface area contributed by atoms with E-state index in [-0.39, 0.29) is 6.61 Å². The third-order valence-corrected chi connectivity index (χ3v) is 6.22. The summed E-state index contributed by atoms with van der Waals surface area (Å²) in [7, 11) is -4.97. The van der Waals surface area contributed by atoms with Gasteiger partial charge in [-0.1, -0.05) is 30.3 Å². The Labute approximate surface area is 216 Å². The molecule has 2 heterocycles. The fourth-order valence-corrected chi connectivity index (χ4v) is 4.28. The maximum atomic E-state index is 12.0. The van der Waals surface area contributed by atoms with Gasteiger partial charge in [-0.25, -0.2) is 8.98 Å². The first-order valence-electron chi connectivity index (χ1n) is 11.2. The number of benzene rings is 1. The molecule has 0 spiro atoms. The Morgan fingerprint density at radius 1 is 0.974 bits per heavy atom. The molecule has 2 aliphatic heterocycles. The highest BCUT2D eigenvalue weighted by molar-refractivity contribution is 7.80. The van der Waals surface area contributed by atoms with E-state index in [4.69, 9.17) is 23.5 Å². The average molecular weight is 568 g/mol. The Morgan fingerprint density at radius 2 is 1.63 bits per heavy atom. The second-order valence-corrected chi connectivity index (χ2v) is 9.70. The van der Waals surface area contributed by atoms with Crippen LogP contribution in [0.4, 0.5) is 0 Å². The molecule has 214 valence electrons. The molecule has 2 aliphatic rings. The summed E-state index contributed by atoms with van der Waals surface area (Å²) in [6.45, 7) is 0.0909. The van der Waals surface area contributed by atoms with Crippen molar-refractivity contribution in [3.05, 3.63) is 35.9 Å². The maximum Gasteiger partial charge on any atom is 0.397 e.